The smallest absolute Gasteiger partial charge is 0.412 e. The maximum absolute atomic E-state index is 13.5. The Kier molecular flexibility index (Phi) is 12.4. The van der Waals surface area contributed by atoms with Crippen LogP contribution in [0.3, 0.4) is 0 Å². The predicted molar refractivity (Wildman–Crippen MR) is 163 cm³/mol. The van der Waals surface area contributed by atoms with Gasteiger partial charge in [0.25, 0.3) is 0 Å². The van der Waals surface area contributed by atoms with Crippen molar-refractivity contribution in [1.29, 1.82) is 0 Å². The van der Waals surface area contributed by atoms with Gasteiger partial charge in [0.1, 0.15) is 23.9 Å². The third-order valence-electron chi connectivity index (χ3n) is 7.65. The zero-order valence-electron chi connectivity index (χ0n) is 26.4. The largest absolute Gasteiger partial charge is 0.467 e. The summed E-state index contributed by atoms with van der Waals surface area (Å²) in [5.74, 6) is -1.39. The summed E-state index contributed by atoms with van der Waals surface area (Å²) in [4.78, 5) is 56.5. The number of aromatic nitrogens is 1. The first-order chi connectivity index (χ1) is 20.4. The van der Waals surface area contributed by atoms with Gasteiger partial charge in [-0.25, -0.2) is 9.59 Å². The molecule has 11 nitrogen and oxygen atoms in total. The molecule has 0 saturated carbocycles. The molecular formula is C32H48N4O7. The summed E-state index contributed by atoms with van der Waals surface area (Å²) in [6.45, 7) is 10.4. The molecule has 3 N–H and O–H groups in total. The van der Waals surface area contributed by atoms with E-state index in [9.17, 15) is 19.2 Å². The molecule has 1 unspecified atom stereocenters. The van der Waals surface area contributed by atoms with E-state index in [4.69, 9.17) is 14.2 Å². The van der Waals surface area contributed by atoms with Gasteiger partial charge in [0.15, 0.2) is 0 Å². The number of ether oxygens (including phenoxy) is 3. The fourth-order valence-corrected chi connectivity index (χ4v) is 5.11. The van der Waals surface area contributed by atoms with Crippen LogP contribution < -0.4 is 10.6 Å². The Bertz CT molecular complexity index is 1240. The highest BCUT2D eigenvalue weighted by molar-refractivity contribution is 5.92. The molecule has 1 saturated heterocycles. The quantitative estimate of drug-likeness (QED) is 0.228. The number of aromatic amines is 1. The number of rotatable bonds is 13. The minimum Gasteiger partial charge on any atom is -0.467 e. The van der Waals surface area contributed by atoms with Crippen LogP contribution in [0.4, 0.5) is 4.79 Å². The van der Waals surface area contributed by atoms with Crippen LogP contribution in [0.2, 0.25) is 0 Å². The number of fused-ring (bicyclic) bond motifs is 1. The van der Waals surface area contributed by atoms with Crippen LogP contribution in [0.25, 0.3) is 10.9 Å². The minimum absolute atomic E-state index is 0.150. The second-order valence-electron chi connectivity index (χ2n) is 12.2. The van der Waals surface area contributed by atoms with Gasteiger partial charge in [-0.05, 0) is 64.0 Å². The zero-order valence-corrected chi connectivity index (χ0v) is 26.4. The molecule has 238 valence electrons. The average Bonchev–Trinajstić information content (AvgIpc) is 3.38. The first-order valence-corrected chi connectivity index (χ1v) is 15.3. The lowest BCUT2D eigenvalue weighted by atomic mass is 9.98. The normalized spacial score (nSPS) is 17.5. The van der Waals surface area contributed by atoms with Crippen molar-refractivity contribution in [3.63, 3.8) is 0 Å². The maximum atomic E-state index is 13.5. The molecular weight excluding hydrogens is 552 g/mol. The van der Waals surface area contributed by atoms with Gasteiger partial charge < -0.3 is 29.8 Å². The Labute approximate surface area is 254 Å². The number of carbonyl (C=O) groups excluding carboxylic acids is 4. The topological polar surface area (TPSA) is 139 Å². The van der Waals surface area contributed by atoms with E-state index < -0.39 is 41.9 Å². The molecule has 43 heavy (non-hydrogen) atoms. The fraction of sp³-hybridized carbons (Fsp3) is 0.625. The summed E-state index contributed by atoms with van der Waals surface area (Å²) in [5, 5.41) is 6.68. The van der Waals surface area contributed by atoms with E-state index in [1.54, 1.807) is 4.90 Å². The molecule has 3 rings (SSSR count). The van der Waals surface area contributed by atoms with Gasteiger partial charge in [-0.1, -0.05) is 38.5 Å². The number of unbranched alkanes of at least 4 members (excludes halogenated alkanes) is 1. The van der Waals surface area contributed by atoms with Gasteiger partial charge in [-0.15, -0.1) is 0 Å². The number of para-hydroxylation sites is 1. The van der Waals surface area contributed by atoms with Gasteiger partial charge in [-0.2, -0.15) is 0 Å². The molecule has 1 aliphatic heterocycles. The van der Waals surface area contributed by atoms with E-state index >= 15 is 0 Å². The van der Waals surface area contributed by atoms with Crippen molar-refractivity contribution < 1.29 is 33.4 Å². The Morgan fingerprint density at radius 2 is 1.88 bits per heavy atom. The number of nitrogens with one attached hydrogen (secondary N) is 3. The SMILES string of the molecule is CC[C@H](C)[C@H](NC(=O)[C@H](Cc1c[nH]c2ccccc12)NC(=O)CCCCC1OCCCN1C(=O)OC(C)(C)C)C(=O)OC. The summed E-state index contributed by atoms with van der Waals surface area (Å²) >= 11 is 0. The van der Waals surface area contributed by atoms with Crippen LogP contribution in [0, 0.1) is 5.92 Å². The molecule has 1 aliphatic rings. The van der Waals surface area contributed by atoms with Crippen LogP contribution in [0.5, 0.6) is 0 Å². The Morgan fingerprint density at radius 3 is 2.58 bits per heavy atom. The molecule has 0 aliphatic carbocycles. The molecule has 0 bridgehead atoms. The molecule has 1 fully saturated rings. The third-order valence-corrected chi connectivity index (χ3v) is 7.65. The van der Waals surface area contributed by atoms with Gasteiger partial charge in [0.2, 0.25) is 11.8 Å². The lowest BCUT2D eigenvalue weighted by Gasteiger charge is -2.36. The Balaban J connectivity index is 1.63. The summed E-state index contributed by atoms with van der Waals surface area (Å²) < 4.78 is 16.3. The lowest BCUT2D eigenvalue weighted by molar-refractivity contribution is -0.147. The molecule has 1 aromatic carbocycles. The van der Waals surface area contributed by atoms with Crippen molar-refractivity contribution in [3.8, 4) is 0 Å². The van der Waals surface area contributed by atoms with Crippen molar-refractivity contribution in [1.82, 2.24) is 20.5 Å². The van der Waals surface area contributed by atoms with Crippen molar-refractivity contribution in [2.45, 2.75) is 103 Å². The molecule has 2 heterocycles. The highest BCUT2D eigenvalue weighted by Crippen LogP contribution is 2.22. The second kappa shape index (κ2) is 15.7. The van der Waals surface area contributed by atoms with E-state index in [2.05, 4.69) is 15.6 Å². The van der Waals surface area contributed by atoms with E-state index in [0.29, 0.717) is 38.8 Å². The third kappa shape index (κ3) is 9.98. The maximum Gasteiger partial charge on any atom is 0.412 e. The second-order valence-corrected chi connectivity index (χ2v) is 12.2. The zero-order chi connectivity index (χ0) is 31.6. The average molecular weight is 601 g/mol. The van der Waals surface area contributed by atoms with Gasteiger partial charge in [0, 0.05) is 36.5 Å². The number of hydrogen-bond acceptors (Lipinski definition) is 7. The van der Waals surface area contributed by atoms with Gasteiger partial charge in [-0.3, -0.25) is 14.5 Å². The highest BCUT2D eigenvalue weighted by Gasteiger charge is 2.32. The summed E-state index contributed by atoms with van der Waals surface area (Å²) in [7, 11) is 1.29. The molecule has 0 spiro atoms. The Hall–Kier alpha value is -3.60. The highest BCUT2D eigenvalue weighted by atomic mass is 16.6. The fourth-order valence-electron chi connectivity index (χ4n) is 5.11. The monoisotopic (exact) mass is 600 g/mol. The lowest BCUT2D eigenvalue weighted by Crippen LogP contribution is -2.54. The number of esters is 1. The number of methoxy groups -OCH3 is 1. The summed E-state index contributed by atoms with van der Waals surface area (Å²) in [6, 6.07) is 6.03. The van der Waals surface area contributed by atoms with Crippen LogP contribution in [-0.2, 0) is 35.0 Å². The number of nitrogens with zero attached hydrogens (tertiary/aromatic N) is 1. The van der Waals surface area contributed by atoms with Crippen LogP contribution in [0.15, 0.2) is 30.5 Å². The van der Waals surface area contributed by atoms with Crippen molar-refractivity contribution in [2.24, 2.45) is 5.92 Å². The van der Waals surface area contributed by atoms with Crippen LogP contribution in [0.1, 0.15) is 78.7 Å². The number of carbonyl (C=O) groups is 4. The predicted octanol–water partition coefficient (Wildman–Crippen LogP) is 4.44. The molecule has 1 aromatic heterocycles. The Morgan fingerprint density at radius 1 is 1.14 bits per heavy atom. The molecule has 4 atom stereocenters. The molecule has 11 heteroatoms. The van der Waals surface area contributed by atoms with Crippen molar-refractivity contribution in [2.75, 3.05) is 20.3 Å². The number of benzene rings is 1. The van der Waals surface area contributed by atoms with Crippen LogP contribution >= 0.6 is 0 Å². The van der Waals surface area contributed by atoms with E-state index in [-0.39, 0.29) is 24.7 Å². The van der Waals surface area contributed by atoms with Crippen LogP contribution in [-0.4, -0.2) is 77.9 Å². The van der Waals surface area contributed by atoms with Crippen molar-refractivity contribution >= 4 is 34.8 Å². The number of H-pyrrole nitrogens is 1. The van der Waals surface area contributed by atoms with Crippen molar-refractivity contribution in [3.05, 3.63) is 36.0 Å². The number of amides is 3. The first-order valence-electron chi connectivity index (χ1n) is 15.3. The molecule has 2 aromatic rings. The van der Waals surface area contributed by atoms with E-state index in [0.717, 1.165) is 22.9 Å². The first kappa shape index (κ1) is 33.9. The minimum atomic E-state index is -0.896. The van der Waals surface area contributed by atoms with Gasteiger partial charge in [0.05, 0.1) is 13.7 Å². The number of hydrogen-bond donors (Lipinski definition) is 3. The molecule has 3 amide bonds. The van der Waals surface area contributed by atoms with Gasteiger partial charge >= 0.3 is 12.1 Å². The summed E-state index contributed by atoms with van der Waals surface area (Å²) in [6.07, 6.45) is 4.65. The van der Waals surface area contributed by atoms with E-state index in [1.165, 1.54) is 7.11 Å². The van der Waals surface area contributed by atoms with E-state index in [1.807, 2.05) is 65.1 Å². The molecule has 0 radical (unpaired) electrons. The summed E-state index contributed by atoms with van der Waals surface area (Å²) in [5.41, 5.74) is 1.21. The standard InChI is InChI=1S/C32H48N4O7/c1-7-21(2)28(30(39)41-6)35-29(38)25(19-22-20-33-24-14-9-8-13-23(22)24)34-26(37)15-10-11-16-27-36(17-12-18-42-27)31(40)43-32(3,4)5/h8-9,13-14,20-21,25,27-28,33H,7,10-12,15-19H2,1-6H3,(H,34,37)(H,35,38)/t21-,25-,27?,28-/m0/s1.